The van der Waals surface area contributed by atoms with E-state index in [9.17, 15) is 9.59 Å². The van der Waals surface area contributed by atoms with Gasteiger partial charge in [0.15, 0.2) is 0 Å². The third kappa shape index (κ3) is 5.73. The summed E-state index contributed by atoms with van der Waals surface area (Å²) >= 11 is 0. The normalized spacial score (nSPS) is 28.1. The molecule has 2 heterocycles. The minimum Gasteiger partial charge on any atom is -0.465 e. The van der Waals surface area contributed by atoms with Gasteiger partial charge < -0.3 is 9.47 Å². The summed E-state index contributed by atoms with van der Waals surface area (Å²) in [6.07, 6.45) is 2.22. The molecular weight excluding hydrogens is 208 g/mol. The molecule has 2 aliphatic rings. The molecule has 0 radical (unpaired) electrons. The molecule has 2 aliphatic heterocycles. The maximum atomic E-state index is 10.4. The molecule has 4 heteroatoms. The highest BCUT2D eigenvalue weighted by Gasteiger charge is 2.18. The first-order valence-electron chi connectivity index (χ1n) is 5.39. The van der Waals surface area contributed by atoms with Crippen molar-refractivity contribution < 1.29 is 19.1 Å². The van der Waals surface area contributed by atoms with Crippen LogP contribution in [0.25, 0.3) is 0 Å². The molecule has 2 unspecified atom stereocenters. The van der Waals surface area contributed by atoms with E-state index in [-0.39, 0.29) is 19.4 Å². The van der Waals surface area contributed by atoms with E-state index in [0.29, 0.717) is 37.9 Å². The van der Waals surface area contributed by atoms with Gasteiger partial charge in [-0.2, -0.15) is 0 Å². The van der Waals surface area contributed by atoms with Gasteiger partial charge in [0.25, 0.3) is 0 Å². The summed E-state index contributed by atoms with van der Waals surface area (Å²) in [6, 6.07) is 0. The molecule has 94 valence electrons. The Labute approximate surface area is 97.3 Å². The minimum absolute atomic E-state index is 0. The van der Waals surface area contributed by atoms with Crippen LogP contribution in [0.15, 0.2) is 0 Å². The average Bonchev–Trinajstić information content (AvgIpc) is 2.56. The van der Waals surface area contributed by atoms with Gasteiger partial charge >= 0.3 is 11.9 Å². The van der Waals surface area contributed by atoms with E-state index in [1.807, 2.05) is 6.92 Å². The lowest BCUT2D eigenvalue weighted by molar-refractivity contribution is -0.149. The highest BCUT2D eigenvalue weighted by molar-refractivity contribution is 5.71. The van der Waals surface area contributed by atoms with Gasteiger partial charge in [0.05, 0.1) is 19.6 Å². The molecular formula is C12H22O4. The Kier molecular flexibility index (Phi) is 6.77. The molecule has 2 saturated heterocycles. The Bertz CT molecular complexity index is 227. The second-order valence-electron chi connectivity index (χ2n) is 4.32. The summed E-state index contributed by atoms with van der Waals surface area (Å²) in [5.41, 5.74) is 0. The highest BCUT2D eigenvalue weighted by atomic mass is 16.5. The number of cyclic esters (lactones) is 2. The number of carbonyl (C=O) groups excluding carboxylic acids is 2. The first kappa shape index (κ1) is 14.9. The van der Waals surface area contributed by atoms with Gasteiger partial charge in [0.2, 0.25) is 0 Å². The third-order valence-electron chi connectivity index (χ3n) is 2.41. The zero-order chi connectivity index (χ0) is 11.3. The van der Waals surface area contributed by atoms with E-state index in [0.717, 1.165) is 6.42 Å². The van der Waals surface area contributed by atoms with Gasteiger partial charge in [-0.15, -0.1) is 0 Å². The molecule has 0 N–H and O–H groups in total. The number of esters is 2. The van der Waals surface area contributed by atoms with Crippen LogP contribution >= 0.6 is 0 Å². The van der Waals surface area contributed by atoms with Gasteiger partial charge in [-0.05, 0) is 12.3 Å². The average molecular weight is 230 g/mol. The fraction of sp³-hybridized carbons (Fsp3) is 0.833. The molecule has 0 spiro atoms. The summed E-state index contributed by atoms with van der Waals surface area (Å²) in [4.78, 5) is 20.6. The van der Waals surface area contributed by atoms with Gasteiger partial charge in [0.1, 0.15) is 0 Å². The second-order valence-corrected chi connectivity index (χ2v) is 4.32. The topological polar surface area (TPSA) is 52.6 Å². The number of rotatable bonds is 0. The Hall–Kier alpha value is -1.06. The van der Waals surface area contributed by atoms with Crippen LogP contribution in [0.1, 0.15) is 40.5 Å². The van der Waals surface area contributed by atoms with Crippen molar-refractivity contribution in [1.29, 1.82) is 0 Å². The van der Waals surface area contributed by atoms with Crippen molar-refractivity contribution in [3.8, 4) is 0 Å². The van der Waals surface area contributed by atoms with Gasteiger partial charge in [-0.3, -0.25) is 9.59 Å². The monoisotopic (exact) mass is 230 g/mol. The van der Waals surface area contributed by atoms with Crippen LogP contribution in [0.4, 0.5) is 0 Å². The molecule has 0 aromatic heterocycles. The summed E-state index contributed by atoms with van der Waals surface area (Å²) in [6.45, 7) is 5.34. The maximum absolute atomic E-state index is 10.4. The van der Waals surface area contributed by atoms with Gasteiger partial charge in [-0.25, -0.2) is 0 Å². The minimum atomic E-state index is -0.0486. The summed E-state index contributed by atoms with van der Waals surface area (Å²) in [5.74, 6) is 0.941. The van der Waals surface area contributed by atoms with Crippen molar-refractivity contribution in [3.05, 3.63) is 0 Å². The van der Waals surface area contributed by atoms with Crippen molar-refractivity contribution in [2.75, 3.05) is 13.2 Å². The van der Waals surface area contributed by atoms with E-state index >= 15 is 0 Å². The number of hydrogen-bond donors (Lipinski definition) is 0. The van der Waals surface area contributed by atoms with E-state index in [1.54, 1.807) is 0 Å². The van der Waals surface area contributed by atoms with Crippen LogP contribution in [-0.2, 0) is 19.1 Å². The summed E-state index contributed by atoms with van der Waals surface area (Å²) in [5, 5.41) is 0. The lowest BCUT2D eigenvalue weighted by Gasteiger charge is -2.16. The first-order valence-corrected chi connectivity index (χ1v) is 5.39. The van der Waals surface area contributed by atoms with Crippen LogP contribution in [0.3, 0.4) is 0 Å². The first-order chi connectivity index (χ1) is 7.08. The second kappa shape index (κ2) is 7.25. The SMILES string of the molecule is C.CC1CCC(=O)OC1.CC1COC(=O)C1. The maximum Gasteiger partial charge on any atom is 0.306 e. The molecule has 0 aliphatic carbocycles. The van der Waals surface area contributed by atoms with Crippen LogP contribution in [0, 0.1) is 11.8 Å². The Morgan fingerprint density at radius 3 is 1.81 bits per heavy atom. The molecule has 0 aromatic rings. The molecule has 0 amide bonds. The predicted molar refractivity (Wildman–Crippen MR) is 60.8 cm³/mol. The Morgan fingerprint density at radius 1 is 1.00 bits per heavy atom. The molecule has 2 fully saturated rings. The van der Waals surface area contributed by atoms with Crippen molar-refractivity contribution in [2.45, 2.75) is 40.5 Å². The van der Waals surface area contributed by atoms with E-state index in [1.165, 1.54) is 0 Å². The Balaban J connectivity index is 0.000000267. The van der Waals surface area contributed by atoms with E-state index in [2.05, 4.69) is 11.7 Å². The molecule has 2 rings (SSSR count). The standard InChI is InChI=1S/C6H10O2.C5H8O2.CH4/c1-5-2-3-6(7)8-4-5;1-4-2-5(6)7-3-4;/h5H,2-4H2,1H3;4H,2-3H2,1H3;1H4. The van der Waals surface area contributed by atoms with Crippen molar-refractivity contribution in [1.82, 2.24) is 0 Å². The Morgan fingerprint density at radius 2 is 1.56 bits per heavy atom. The molecule has 4 nitrogen and oxygen atoms in total. The van der Waals surface area contributed by atoms with E-state index in [4.69, 9.17) is 4.74 Å². The zero-order valence-electron chi connectivity index (χ0n) is 9.32. The molecule has 16 heavy (non-hydrogen) atoms. The lowest BCUT2D eigenvalue weighted by atomic mass is 10.1. The predicted octanol–water partition coefficient (Wildman–Crippen LogP) is 2.17. The quantitative estimate of drug-likeness (QED) is 0.598. The highest BCUT2D eigenvalue weighted by Crippen LogP contribution is 2.12. The summed E-state index contributed by atoms with van der Waals surface area (Å²) in [7, 11) is 0. The largest absolute Gasteiger partial charge is 0.465 e. The zero-order valence-corrected chi connectivity index (χ0v) is 9.32. The van der Waals surface area contributed by atoms with Crippen molar-refractivity contribution >= 4 is 11.9 Å². The number of ether oxygens (including phenoxy) is 2. The number of carbonyl (C=O) groups is 2. The smallest absolute Gasteiger partial charge is 0.306 e. The fourth-order valence-electron chi connectivity index (χ4n) is 1.39. The lowest BCUT2D eigenvalue weighted by Crippen LogP contribution is -2.18. The van der Waals surface area contributed by atoms with E-state index < -0.39 is 0 Å². The summed E-state index contributed by atoms with van der Waals surface area (Å²) < 4.78 is 9.38. The van der Waals surface area contributed by atoms with Crippen LogP contribution < -0.4 is 0 Å². The van der Waals surface area contributed by atoms with Crippen LogP contribution in [-0.4, -0.2) is 25.2 Å². The van der Waals surface area contributed by atoms with Gasteiger partial charge in [-0.1, -0.05) is 21.3 Å². The van der Waals surface area contributed by atoms with Crippen molar-refractivity contribution in [2.24, 2.45) is 11.8 Å². The van der Waals surface area contributed by atoms with Crippen LogP contribution in [0.2, 0.25) is 0 Å². The van der Waals surface area contributed by atoms with Crippen LogP contribution in [0.5, 0.6) is 0 Å². The van der Waals surface area contributed by atoms with Gasteiger partial charge in [0, 0.05) is 12.3 Å². The number of hydrogen-bond acceptors (Lipinski definition) is 4. The molecule has 2 atom stereocenters. The third-order valence-corrected chi connectivity index (χ3v) is 2.41. The molecule has 0 saturated carbocycles. The fourth-order valence-corrected chi connectivity index (χ4v) is 1.39. The molecule has 0 aromatic carbocycles. The molecule has 0 bridgehead atoms. The van der Waals surface area contributed by atoms with Crippen molar-refractivity contribution in [3.63, 3.8) is 0 Å².